The number of nitrogens with two attached hydrogens (primary N) is 1. The standard InChI is InChI=1S/C28H30FN3O3/c1-3-31(4-2)15-16-32-18-25(27(33)28(30)34)24-17-20(7-14-26(24)32)19-5-10-22(11-6-19)35-23-12-8-21(29)9-13-23/h5-14,17-18,27,33H,3-4,15-16H2,1-2H3,(H2,30,34). The van der Waals surface area contributed by atoms with Crippen LogP contribution >= 0.6 is 0 Å². The molecule has 0 aliphatic rings. The van der Waals surface area contributed by atoms with E-state index >= 15 is 0 Å². The summed E-state index contributed by atoms with van der Waals surface area (Å²) < 4.78 is 21.0. The molecule has 1 aromatic heterocycles. The summed E-state index contributed by atoms with van der Waals surface area (Å²) in [6, 6.07) is 19.4. The molecule has 6 nitrogen and oxygen atoms in total. The normalized spacial score (nSPS) is 12.3. The van der Waals surface area contributed by atoms with Crippen LogP contribution in [0.2, 0.25) is 0 Å². The molecule has 3 N–H and O–H groups in total. The Balaban J connectivity index is 1.63. The smallest absolute Gasteiger partial charge is 0.250 e. The number of aromatic nitrogens is 1. The van der Waals surface area contributed by atoms with Gasteiger partial charge >= 0.3 is 0 Å². The Hall–Kier alpha value is -3.68. The summed E-state index contributed by atoms with van der Waals surface area (Å²) in [5.74, 6) is 0.0943. The minimum Gasteiger partial charge on any atom is -0.457 e. The van der Waals surface area contributed by atoms with Crippen LogP contribution in [0, 0.1) is 5.82 Å². The molecule has 0 saturated carbocycles. The molecule has 3 aromatic carbocycles. The molecule has 4 rings (SSSR count). The first-order valence-corrected chi connectivity index (χ1v) is 11.8. The van der Waals surface area contributed by atoms with E-state index in [0.29, 0.717) is 17.1 Å². The summed E-state index contributed by atoms with van der Waals surface area (Å²) in [5.41, 5.74) is 8.76. The van der Waals surface area contributed by atoms with Gasteiger partial charge in [0.1, 0.15) is 17.3 Å². The van der Waals surface area contributed by atoms with E-state index in [1.165, 1.54) is 12.1 Å². The summed E-state index contributed by atoms with van der Waals surface area (Å²) in [6.07, 6.45) is 0.446. The molecule has 0 spiro atoms. The zero-order valence-electron chi connectivity index (χ0n) is 19.9. The van der Waals surface area contributed by atoms with Crippen molar-refractivity contribution in [1.29, 1.82) is 0 Å². The number of ether oxygens (including phenoxy) is 1. The summed E-state index contributed by atoms with van der Waals surface area (Å²) in [4.78, 5) is 14.1. The number of hydrogen-bond donors (Lipinski definition) is 2. The molecule has 0 radical (unpaired) electrons. The number of primary amides is 1. The van der Waals surface area contributed by atoms with Gasteiger partial charge in [0, 0.05) is 35.8 Å². The average molecular weight is 476 g/mol. The molecule has 182 valence electrons. The first kappa shape index (κ1) is 24.4. The molecule has 1 heterocycles. The van der Waals surface area contributed by atoms with E-state index in [0.717, 1.165) is 48.2 Å². The largest absolute Gasteiger partial charge is 0.457 e. The number of amides is 1. The number of halogens is 1. The SMILES string of the molecule is CCN(CC)CCn1cc(C(O)C(N)=O)c2cc(-c3ccc(Oc4ccc(F)cc4)cc3)ccc21. The Morgan fingerprint density at radius 1 is 1.00 bits per heavy atom. The van der Waals surface area contributed by atoms with E-state index in [9.17, 15) is 14.3 Å². The number of nitrogens with zero attached hydrogens (tertiary/aromatic N) is 2. The number of aliphatic hydroxyl groups is 1. The molecule has 35 heavy (non-hydrogen) atoms. The Kier molecular flexibility index (Phi) is 7.48. The number of benzene rings is 3. The summed E-state index contributed by atoms with van der Waals surface area (Å²) in [6.45, 7) is 7.76. The van der Waals surface area contributed by atoms with Gasteiger partial charge in [-0.1, -0.05) is 32.0 Å². The van der Waals surface area contributed by atoms with E-state index in [4.69, 9.17) is 10.5 Å². The highest BCUT2D eigenvalue weighted by molar-refractivity contribution is 5.93. The first-order chi connectivity index (χ1) is 16.9. The maximum absolute atomic E-state index is 13.1. The lowest BCUT2D eigenvalue weighted by atomic mass is 10.0. The molecule has 0 aliphatic carbocycles. The number of aliphatic hydroxyl groups excluding tert-OH is 1. The third-order valence-electron chi connectivity index (χ3n) is 6.26. The molecule has 1 atom stereocenters. The minimum absolute atomic E-state index is 0.314. The lowest BCUT2D eigenvalue weighted by Gasteiger charge is -2.18. The summed E-state index contributed by atoms with van der Waals surface area (Å²) in [5, 5.41) is 11.3. The van der Waals surface area contributed by atoms with Crippen LogP contribution in [0.25, 0.3) is 22.0 Å². The maximum atomic E-state index is 13.1. The molecule has 0 saturated heterocycles. The van der Waals surface area contributed by atoms with E-state index in [2.05, 4.69) is 23.3 Å². The second-order valence-electron chi connectivity index (χ2n) is 8.42. The van der Waals surface area contributed by atoms with Gasteiger partial charge in [-0.05, 0) is 72.7 Å². The number of fused-ring (bicyclic) bond motifs is 1. The lowest BCUT2D eigenvalue weighted by molar-refractivity contribution is -0.126. The second-order valence-corrected chi connectivity index (χ2v) is 8.42. The minimum atomic E-state index is -1.38. The van der Waals surface area contributed by atoms with Crippen molar-refractivity contribution in [3.8, 4) is 22.6 Å². The third kappa shape index (κ3) is 5.53. The van der Waals surface area contributed by atoms with Crippen LogP contribution in [0.1, 0.15) is 25.5 Å². The zero-order chi connectivity index (χ0) is 24.9. The van der Waals surface area contributed by atoms with Crippen LogP contribution in [-0.4, -0.2) is 40.1 Å². The Labute approximate surface area is 204 Å². The van der Waals surface area contributed by atoms with Gasteiger partial charge in [-0.15, -0.1) is 0 Å². The van der Waals surface area contributed by atoms with Crippen molar-refractivity contribution in [1.82, 2.24) is 9.47 Å². The van der Waals surface area contributed by atoms with Gasteiger partial charge in [0.05, 0.1) is 0 Å². The highest BCUT2D eigenvalue weighted by atomic mass is 19.1. The van der Waals surface area contributed by atoms with Crippen molar-refractivity contribution < 1.29 is 19.0 Å². The van der Waals surface area contributed by atoms with Crippen LogP contribution < -0.4 is 10.5 Å². The molecule has 0 fully saturated rings. The molecule has 7 heteroatoms. The molecule has 1 amide bonds. The van der Waals surface area contributed by atoms with Crippen LogP contribution in [0.3, 0.4) is 0 Å². The van der Waals surface area contributed by atoms with Gasteiger partial charge in [-0.25, -0.2) is 4.39 Å². The van der Waals surface area contributed by atoms with Crippen molar-refractivity contribution >= 4 is 16.8 Å². The number of likely N-dealkylation sites (N-methyl/N-ethyl adjacent to an activating group) is 1. The quantitative estimate of drug-likeness (QED) is 0.334. The van der Waals surface area contributed by atoms with Gasteiger partial charge in [-0.3, -0.25) is 4.79 Å². The predicted octanol–water partition coefficient (Wildman–Crippen LogP) is 5.10. The van der Waals surface area contributed by atoms with Crippen LogP contribution in [0.4, 0.5) is 4.39 Å². The predicted molar refractivity (Wildman–Crippen MR) is 136 cm³/mol. The molecule has 4 aromatic rings. The van der Waals surface area contributed by atoms with Crippen molar-refractivity contribution in [3.05, 3.63) is 84.3 Å². The van der Waals surface area contributed by atoms with Crippen LogP contribution in [0.5, 0.6) is 11.5 Å². The topological polar surface area (TPSA) is 80.7 Å². The second kappa shape index (κ2) is 10.7. The van der Waals surface area contributed by atoms with E-state index in [-0.39, 0.29) is 5.82 Å². The van der Waals surface area contributed by atoms with Crippen molar-refractivity contribution in [2.75, 3.05) is 19.6 Å². The third-order valence-corrected chi connectivity index (χ3v) is 6.26. The van der Waals surface area contributed by atoms with Gasteiger partial charge in [-0.2, -0.15) is 0 Å². The first-order valence-electron chi connectivity index (χ1n) is 11.8. The highest BCUT2D eigenvalue weighted by Crippen LogP contribution is 2.32. The number of rotatable bonds is 10. The zero-order valence-corrected chi connectivity index (χ0v) is 19.9. The van der Waals surface area contributed by atoms with E-state index < -0.39 is 12.0 Å². The monoisotopic (exact) mass is 475 g/mol. The van der Waals surface area contributed by atoms with Crippen LogP contribution in [-0.2, 0) is 11.3 Å². The van der Waals surface area contributed by atoms with Gasteiger partial charge in [0.2, 0.25) is 0 Å². The van der Waals surface area contributed by atoms with Gasteiger partial charge < -0.3 is 25.0 Å². The number of hydrogen-bond acceptors (Lipinski definition) is 4. The van der Waals surface area contributed by atoms with Crippen LogP contribution in [0.15, 0.2) is 72.9 Å². The van der Waals surface area contributed by atoms with E-state index in [1.54, 1.807) is 12.1 Å². The summed E-state index contributed by atoms with van der Waals surface area (Å²) >= 11 is 0. The molecule has 0 bridgehead atoms. The average Bonchev–Trinajstić information content (AvgIpc) is 3.23. The number of carbonyl (C=O) groups is 1. The fourth-order valence-corrected chi connectivity index (χ4v) is 4.20. The maximum Gasteiger partial charge on any atom is 0.250 e. The van der Waals surface area contributed by atoms with Crippen molar-refractivity contribution in [3.63, 3.8) is 0 Å². The Morgan fingerprint density at radius 3 is 2.20 bits per heavy atom. The number of carbonyl (C=O) groups excluding carboxylic acids is 1. The Bertz CT molecular complexity index is 1300. The van der Waals surface area contributed by atoms with Crippen molar-refractivity contribution in [2.24, 2.45) is 5.73 Å². The highest BCUT2D eigenvalue weighted by Gasteiger charge is 2.21. The fourth-order valence-electron chi connectivity index (χ4n) is 4.20. The molecule has 0 aliphatic heterocycles. The Morgan fingerprint density at radius 2 is 1.60 bits per heavy atom. The van der Waals surface area contributed by atoms with Gasteiger partial charge in [0.15, 0.2) is 6.10 Å². The molecular formula is C28H30FN3O3. The molecular weight excluding hydrogens is 445 g/mol. The lowest BCUT2D eigenvalue weighted by Crippen LogP contribution is -2.26. The summed E-state index contributed by atoms with van der Waals surface area (Å²) in [7, 11) is 0. The van der Waals surface area contributed by atoms with Crippen molar-refractivity contribution in [2.45, 2.75) is 26.5 Å². The fraction of sp³-hybridized carbons (Fsp3) is 0.250. The molecule has 1 unspecified atom stereocenters. The van der Waals surface area contributed by atoms with E-state index in [1.807, 2.05) is 48.7 Å². The van der Waals surface area contributed by atoms with Gasteiger partial charge in [0.25, 0.3) is 5.91 Å².